The molecule has 6 nitrogen and oxygen atoms in total. The number of carbonyl (C=O) groups excluding carboxylic acids is 1. The van der Waals surface area contributed by atoms with Crippen molar-refractivity contribution in [2.75, 3.05) is 5.32 Å². The minimum absolute atomic E-state index is 0.0605. The summed E-state index contributed by atoms with van der Waals surface area (Å²) in [5, 5.41) is 19.2. The first-order valence-corrected chi connectivity index (χ1v) is 5.68. The maximum absolute atomic E-state index is 11.7. The summed E-state index contributed by atoms with van der Waals surface area (Å²) in [6, 6.07) is 4.63. The molecule has 7 heteroatoms. The van der Waals surface area contributed by atoms with Crippen molar-refractivity contribution in [3.63, 3.8) is 0 Å². The Balaban J connectivity index is 2.18. The minimum Gasteiger partial charge on any atom is -0.507 e. The number of amides is 1. The summed E-state index contributed by atoms with van der Waals surface area (Å²) in [5.41, 5.74) is 0.329. The van der Waals surface area contributed by atoms with E-state index < -0.39 is 5.91 Å². The highest BCUT2D eigenvalue weighted by Crippen LogP contribution is 2.20. The van der Waals surface area contributed by atoms with Gasteiger partial charge in [-0.25, -0.2) is 4.98 Å². The average molecular weight is 342 g/mol. The Morgan fingerprint density at radius 2 is 2.18 bits per heavy atom. The second-order valence-electron chi connectivity index (χ2n) is 3.09. The molecule has 0 unspecified atom stereocenters. The summed E-state index contributed by atoms with van der Waals surface area (Å²) in [6.07, 6.45) is 2.83. The first-order valence-electron chi connectivity index (χ1n) is 4.60. The molecular weight excluding hydrogens is 335 g/mol. The highest BCUT2D eigenvalue weighted by atomic mass is 127. The van der Waals surface area contributed by atoms with Gasteiger partial charge in [0.15, 0.2) is 0 Å². The maximum Gasteiger partial charge on any atom is 0.258 e. The van der Waals surface area contributed by atoms with Crippen LogP contribution in [0.1, 0.15) is 10.4 Å². The molecule has 2 rings (SSSR count). The number of rotatable bonds is 2. The Morgan fingerprint density at radius 1 is 1.35 bits per heavy atom. The molecule has 86 valence electrons. The molecule has 1 heterocycles. The molecule has 0 spiro atoms. The number of aromatic nitrogens is 3. The van der Waals surface area contributed by atoms with Crippen molar-refractivity contribution >= 4 is 34.4 Å². The maximum atomic E-state index is 11.7. The molecule has 0 saturated carbocycles. The number of halogens is 1. The van der Waals surface area contributed by atoms with Gasteiger partial charge in [0.05, 0.1) is 16.0 Å². The van der Waals surface area contributed by atoms with Crippen LogP contribution >= 0.6 is 22.6 Å². The predicted molar refractivity (Wildman–Crippen MR) is 68.6 cm³/mol. The van der Waals surface area contributed by atoms with Gasteiger partial charge in [-0.1, -0.05) is 0 Å². The van der Waals surface area contributed by atoms with E-state index in [0.717, 1.165) is 0 Å². The largest absolute Gasteiger partial charge is 0.507 e. The number of hydrogen-bond acceptors (Lipinski definition) is 5. The third-order valence-corrected chi connectivity index (χ3v) is 2.83. The number of carbonyl (C=O) groups is 1. The molecule has 0 bridgehead atoms. The zero-order valence-electron chi connectivity index (χ0n) is 8.46. The molecule has 2 aromatic rings. The van der Waals surface area contributed by atoms with Crippen LogP contribution in [0.15, 0.2) is 30.6 Å². The Morgan fingerprint density at radius 3 is 2.82 bits per heavy atom. The number of anilines is 1. The van der Waals surface area contributed by atoms with E-state index in [0.29, 0.717) is 9.13 Å². The van der Waals surface area contributed by atoms with E-state index in [4.69, 9.17) is 0 Å². The minimum atomic E-state index is -0.398. The third kappa shape index (κ3) is 2.87. The van der Waals surface area contributed by atoms with Crippen molar-refractivity contribution in [3.05, 3.63) is 39.7 Å². The monoisotopic (exact) mass is 342 g/mol. The lowest BCUT2D eigenvalue weighted by Crippen LogP contribution is -2.14. The fourth-order valence-corrected chi connectivity index (χ4v) is 1.47. The summed E-state index contributed by atoms with van der Waals surface area (Å²) < 4.78 is 0.678. The first-order chi connectivity index (χ1) is 8.16. The van der Waals surface area contributed by atoms with E-state index in [1.54, 1.807) is 12.1 Å². The van der Waals surface area contributed by atoms with Gasteiger partial charge < -0.3 is 5.11 Å². The first kappa shape index (κ1) is 11.7. The molecule has 0 radical (unpaired) electrons. The zero-order chi connectivity index (χ0) is 12.3. The van der Waals surface area contributed by atoms with Crippen molar-refractivity contribution in [2.45, 2.75) is 0 Å². The third-order valence-electron chi connectivity index (χ3n) is 1.92. The summed E-state index contributed by atoms with van der Waals surface area (Å²) in [4.78, 5) is 15.6. The van der Waals surface area contributed by atoms with Gasteiger partial charge in [0.1, 0.15) is 5.75 Å². The molecule has 2 N–H and O–H groups in total. The van der Waals surface area contributed by atoms with Crippen molar-refractivity contribution in [1.29, 1.82) is 0 Å². The number of phenols is 1. The SMILES string of the molecule is O=C(Nc1nccnn1)c1ccc(I)c(O)c1. The van der Waals surface area contributed by atoms with Crippen molar-refractivity contribution in [2.24, 2.45) is 0 Å². The predicted octanol–water partition coefficient (Wildman–Crippen LogP) is 1.43. The molecule has 1 amide bonds. The lowest BCUT2D eigenvalue weighted by molar-refractivity contribution is 0.102. The van der Waals surface area contributed by atoms with Gasteiger partial charge in [0.2, 0.25) is 5.95 Å². The van der Waals surface area contributed by atoms with Gasteiger partial charge in [-0.05, 0) is 40.8 Å². The van der Waals surface area contributed by atoms with Crippen molar-refractivity contribution in [3.8, 4) is 5.75 Å². The van der Waals surface area contributed by atoms with E-state index in [1.807, 2.05) is 22.6 Å². The molecule has 0 aliphatic rings. The molecule has 0 saturated heterocycles. The zero-order valence-corrected chi connectivity index (χ0v) is 10.6. The second-order valence-corrected chi connectivity index (χ2v) is 4.25. The van der Waals surface area contributed by atoms with Crippen LogP contribution in [0.5, 0.6) is 5.75 Å². The van der Waals surface area contributed by atoms with Crippen LogP contribution in [-0.4, -0.2) is 26.2 Å². The van der Waals surface area contributed by atoms with Gasteiger partial charge in [-0.3, -0.25) is 10.1 Å². The number of hydrogen-bond donors (Lipinski definition) is 2. The Kier molecular flexibility index (Phi) is 3.47. The molecule has 0 aliphatic carbocycles. The molecule has 0 atom stereocenters. The van der Waals surface area contributed by atoms with E-state index in [1.165, 1.54) is 18.5 Å². The molecule has 0 aliphatic heterocycles. The normalized spacial score (nSPS) is 9.94. The standard InChI is InChI=1S/C10H7IN4O2/c11-7-2-1-6(5-8(7)16)9(17)14-10-12-3-4-13-15-10/h1-5,16H,(H,12,14,15,17). The fourth-order valence-electron chi connectivity index (χ4n) is 1.13. The lowest BCUT2D eigenvalue weighted by atomic mass is 10.2. The lowest BCUT2D eigenvalue weighted by Gasteiger charge is -2.03. The quantitative estimate of drug-likeness (QED) is 0.807. The Hall–Kier alpha value is -1.77. The van der Waals surface area contributed by atoms with Crippen molar-refractivity contribution < 1.29 is 9.90 Å². The highest BCUT2D eigenvalue weighted by Gasteiger charge is 2.09. The molecule has 1 aromatic carbocycles. The molecular formula is C10H7IN4O2. The van der Waals surface area contributed by atoms with Crippen LogP contribution < -0.4 is 5.32 Å². The van der Waals surface area contributed by atoms with Crippen LogP contribution in [-0.2, 0) is 0 Å². The number of phenolic OH excluding ortho intramolecular Hbond substituents is 1. The van der Waals surface area contributed by atoms with Gasteiger partial charge >= 0.3 is 0 Å². The number of nitrogens with one attached hydrogen (secondary N) is 1. The van der Waals surface area contributed by atoms with Crippen LogP contribution in [0, 0.1) is 3.57 Å². The Bertz CT molecular complexity index is 547. The number of benzene rings is 1. The van der Waals surface area contributed by atoms with Gasteiger partial charge in [-0.2, -0.15) is 5.10 Å². The summed E-state index contributed by atoms with van der Waals surface area (Å²) in [5.74, 6) is -0.217. The van der Waals surface area contributed by atoms with Gasteiger partial charge in [0, 0.05) is 5.56 Å². The van der Waals surface area contributed by atoms with E-state index in [-0.39, 0.29) is 11.7 Å². The van der Waals surface area contributed by atoms with Crippen LogP contribution in [0.25, 0.3) is 0 Å². The summed E-state index contributed by atoms with van der Waals surface area (Å²) >= 11 is 1.97. The fraction of sp³-hybridized carbons (Fsp3) is 0. The average Bonchev–Trinajstić information content (AvgIpc) is 2.34. The number of aromatic hydroxyl groups is 1. The summed E-state index contributed by atoms with van der Waals surface area (Å²) in [6.45, 7) is 0. The molecule has 0 fully saturated rings. The highest BCUT2D eigenvalue weighted by molar-refractivity contribution is 14.1. The van der Waals surface area contributed by atoms with Crippen LogP contribution in [0.3, 0.4) is 0 Å². The van der Waals surface area contributed by atoms with Gasteiger partial charge in [-0.15, -0.1) is 5.10 Å². The smallest absolute Gasteiger partial charge is 0.258 e. The van der Waals surface area contributed by atoms with E-state index in [2.05, 4.69) is 20.5 Å². The van der Waals surface area contributed by atoms with Gasteiger partial charge in [0.25, 0.3) is 5.91 Å². The topological polar surface area (TPSA) is 88.0 Å². The van der Waals surface area contributed by atoms with Crippen molar-refractivity contribution in [1.82, 2.24) is 15.2 Å². The number of nitrogens with zero attached hydrogens (tertiary/aromatic N) is 3. The van der Waals surface area contributed by atoms with E-state index >= 15 is 0 Å². The molecule has 17 heavy (non-hydrogen) atoms. The second kappa shape index (κ2) is 5.04. The van der Waals surface area contributed by atoms with Crippen LogP contribution in [0.2, 0.25) is 0 Å². The van der Waals surface area contributed by atoms with E-state index in [9.17, 15) is 9.90 Å². The summed E-state index contributed by atoms with van der Waals surface area (Å²) in [7, 11) is 0. The Labute approximate surface area is 110 Å². The van der Waals surface area contributed by atoms with Crippen LogP contribution in [0.4, 0.5) is 5.95 Å². The molecule has 1 aromatic heterocycles.